The predicted octanol–water partition coefficient (Wildman–Crippen LogP) is 10.6. The average molecular weight is 610 g/mol. The Morgan fingerprint density at radius 2 is 1.02 bits per heavy atom. The Kier molecular flexibility index (Phi) is 33.1. The van der Waals surface area contributed by atoms with E-state index < -0.39 is 12.1 Å². The molecule has 0 aromatic heterocycles. The van der Waals surface area contributed by atoms with Gasteiger partial charge in [0.05, 0.1) is 18.8 Å². The molecule has 0 fully saturated rings. The average Bonchev–Trinajstić information content (AvgIpc) is 3.03. The number of aliphatic hydroxyl groups is 2. The van der Waals surface area contributed by atoms with E-state index in [1.807, 2.05) is 6.08 Å². The highest BCUT2D eigenvalue weighted by Gasteiger charge is 2.17. The van der Waals surface area contributed by atoms with Gasteiger partial charge in [0.25, 0.3) is 0 Å². The Labute approximate surface area is 271 Å². The van der Waals surface area contributed by atoms with Crippen LogP contribution in [0.2, 0.25) is 0 Å². The first-order chi connectivity index (χ1) is 21.7. The topological polar surface area (TPSA) is 69.6 Å². The van der Waals surface area contributed by atoms with Crippen LogP contribution in [0.3, 0.4) is 0 Å². The van der Waals surface area contributed by atoms with Crippen molar-refractivity contribution in [1.82, 2.24) is 5.32 Å². The molecular formula is C40H67NO3. The third kappa shape index (κ3) is 31.0. The third-order valence-electron chi connectivity index (χ3n) is 7.36. The molecule has 0 saturated heterocycles. The van der Waals surface area contributed by atoms with Crippen LogP contribution in [-0.2, 0) is 4.79 Å². The number of rotatable bonds is 30. The Balaban J connectivity index is 3.69. The SMILES string of the molecule is CC/C=C\C/C=C\C/C=C\C/C=C\C/C=C\CCCCCCCCCC(=O)NC(CO)C(O)/C=C/CC/C=C/CCCCC. The van der Waals surface area contributed by atoms with Gasteiger partial charge in [0.2, 0.25) is 5.91 Å². The summed E-state index contributed by atoms with van der Waals surface area (Å²) in [6.45, 7) is 4.10. The highest BCUT2D eigenvalue weighted by molar-refractivity contribution is 5.76. The molecule has 0 bridgehead atoms. The van der Waals surface area contributed by atoms with Gasteiger partial charge >= 0.3 is 0 Å². The lowest BCUT2D eigenvalue weighted by Crippen LogP contribution is -2.45. The molecule has 0 radical (unpaired) electrons. The second kappa shape index (κ2) is 35.1. The summed E-state index contributed by atoms with van der Waals surface area (Å²) in [6, 6.07) is -0.647. The van der Waals surface area contributed by atoms with Crippen LogP contribution in [0.1, 0.15) is 142 Å². The Hall–Kier alpha value is -2.43. The smallest absolute Gasteiger partial charge is 0.220 e. The largest absolute Gasteiger partial charge is 0.394 e. The molecule has 44 heavy (non-hydrogen) atoms. The fraction of sp³-hybridized carbons (Fsp3) is 0.625. The van der Waals surface area contributed by atoms with Crippen LogP contribution in [0.15, 0.2) is 85.1 Å². The molecule has 0 aromatic carbocycles. The van der Waals surface area contributed by atoms with E-state index in [-0.39, 0.29) is 12.5 Å². The number of carbonyl (C=O) groups excluding carboxylic acids is 1. The Morgan fingerprint density at radius 1 is 0.568 bits per heavy atom. The molecule has 0 heterocycles. The zero-order valence-electron chi connectivity index (χ0n) is 28.4. The molecule has 0 aliphatic rings. The number of nitrogens with one attached hydrogen (secondary N) is 1. The molecule has 0 saturated carbocycles. The van der Waals surface area contributed by atoms with Crippen LogP contribution in [0.4, 0.5) is 0 Å². The number of carbonyl (C=O) groups is 1. The van der Waals surface area contributed by atoms with Crippen molar-refractivity contribution in [1.29, 1.82) is 0 Å². The molecule has 2 unspecified atom stereocenters. The molecule has 0 aliphatic heterocycles. The molecule has 0 rings (SSSR count). The first-order valence-corrected chi connectivity index (χ1v) is 17.8. The van der Waals surface area contributed by atoms with Gasteiger partial charge in [-0.15, -0.1) is 0 Å². The second-order valence-electron chi connectivity index (χ2n) is 11.5. The first-order valence-electron chi connectivity index (χ1n) is 17.8. The molecule has 0 spiro atoms. The summed E-state index contributed by atoms with van der Waals surface area (Å²) >= 11 is 0. The minimum Gasteiger partial charge on any atom is -0.394 e. The maximum atomic E-state index is 12.3. The van der Waals surface area contributed by atoms with Crippen LogP contribution in [0.5, 0.6) is 0 Å². The number of hydrogen-bond acceptors (Lipinski definition) is 3. The van der Waals surface area contributed by atoms with Crippen LogP contribution < -0.4 is 5.32 Å². The van der Waals surface area contributed by atoms with Gasteiger partial charge in [-0.25, -0.2) is 0 Å². The molecule has 1 amide bonds. The van der Waals surface area contributed by atoms with Gasteiger partial charge in [-0.2, -0.15) is 0 Å². The minimum atomic E-state index is -0.868. The van der Waals surface area contributed by atoms with Gasteiger partial charge < -0.3 is 15.5 Å². The molecule has 3 N–H and O–H groups in total. The summed E-state index contributed by atoms with van der Waals surface area (Å²) in [5.74, 6) is -0.0939. The van der Waals surface area contributed by atoms with Crippen molar-refractivity contribution in [2.24, 2.45) is 0 Å². The van der Waals surface area contributed by atoms with E-state index in [1.54, 1.807) is 6.08 Å². The quantitative estimate of drug-likeness (QED) is 0.0560. The van der Waals surface area contributed by atoms with E-state index in [9.17, 15) is 15.0 Å². The molecule has 2 atom stereocenters. The molecule has 250 valence electrons. The van der Waals surface area contributed by atoms with Crippen LogP contribution in [0.25, 0.3) is 0 Å². The molecule has 4 heteroatoms. The van der Waals surface area contributed by atoms with Gasteiger partial charge in [0, 0.05) is 6.42 Å². The van der Waals surface area contributed by atoms with Crippen molar-refractivity contribution in [2.45, 2.75) is 154 Å². The summed E-state index contributed by atoms with van der Waals surface area (Å²) in [4.78, 5) is 12.3. The van der Waals surface area contributed by atoms with Gasteiger partial charge in [-0.3, -0.25) is 4.79 Å². The highest BCUT2D eigenvalue weighted by Crippen LogP contribution is 2.11. The number of unbranched alkanes of at least 4 members (excludes halogenated alkanes) is 11. The third-order valence-corrected chi connectivity index (χ3v) is 7.36. The van der Waals surface area contributed by atoms with Crippen molar-refractivity contribution in [2.75, 3.05) is 6.61 Å². The van der Waals surface area contributed by atoms with Crippen molar-refractivity contribution in [3.63, 3.8) is 0 Å². The standard InChI is InChI=1S/C40H67NO3/c1-3-5-7-9-11-13-14-15-16-17-18-19-20-21-22-23-24-25-26-28-30-32-34-36-40(44)41-38(37-42)39(43)35-33-31-29-27-12-10-8-6-4-2/h5,7,11-13,15-16,18-19,21-22,27,33,35,38-39,42-43H,3-4,6,8-10,14,17,20,23-26,28-32,34,36-37H2,1-2H3,(H,41,44)/b7-5-,13-11-,16-15-,19-18-,22-21-,27-12+,35-33+. The fourth-order valence-corrected chi connectivity index (χ4v) is 4.63. The van der Waals surface area contributed by atoms with Gasteiger partial charge in [-0.05, 0) is 77.0 Å². The summed E-state index contributed by atoms with van der Waals surface area (Å²) in [6.07, 6.45) is 51.0. The highest BCUT2D eigenvalue weighted by atomic mass is 16.3. The summed E-state index contributed by atoms with van der Waals surface area (Å²) in [5.41, 5.74) is 0. The van der Waals surface area contributed by atoms with E-state index in [4.69, 9.17) is 0 Å². The monoisotopic (exact) mass is 610 g/mol. The number of amides is 1. The number of aliphatic hydroxyl groups excluding tert-OH is 2. The number of hydrogen-bond donors (Lipinski definition) is 3. The maximum Gasteiger partial charge on any atom is 0.220 e. The zero-order chi connectivity index (χ0) is 32.2. The van der Waals surface area contributed by atoms with Crippen molar-refractivity contribution in [3.05, 3.63) is 85.1 Å². The summed E-state index contributed by atoms with van der Waals surface area (Å²) in [7, 11) is 0. The van der Waals surface area contributed by atoms with Crippen molar-refractivity contribution >= 4 is 5.91 Å². The summed E-state index contributed by atoms with van der Waals surface area (Å²) in [5, 5.41) is 22.7. The van der Waals surface area contributed by atoms with Crippen LogP contribution in [0, 0.1) is 0 Å². The zero-order valence-corrected chi connectivity index (χ0v) is 28.4. The van der Waals surface area contributed by atoms with Crippen molar-refractivity contribution < 1.29 is 15.0 Å². The van der Waals surface area contributed by atoms with E-state index in [1.165, 1.54) is 44.9 Å². The lowest BCUT2D eigenvalue weighted by Gasteiger charge is -2.19. The summed E-state index contributed by atoms with van der Waals surface area (Å²) < 4.78 is 0. The fourth-order valence-electron chi connectivity index (χ4n) is 4.63. The molecule has 0 aromatic rings. The predicted molar refractivity (Wildman–Crippen MR) is 193 cm³/mol. The van der Waals surface area contributed by atoms with Gasteiger partial charge in [0.1, 0.15) is 0 Å². The van der Waals surface area contributed by atoms with E-state index in [2.05, 4.69) is 92.1 Å². The van der Waals surface area contributed by atoms with E-state index in [0.29, 0.717) is 6.42 Å². The number of allylic oxidation sites excluding steroid dienone is 13. The van der Waals surface area contributed by atoms with Crippen molar-refractivity contribution in [3.8, 4) is 0 Å². The van der Waals surface area contributed by atoms with E-state index in [0.717, 1.165) is 77.0 Å². The Bertz CT molecular complexity index is 834. The first kappa shape index (κ1) is 41.6. The Morgan fingerprint density at radius 3 is 1.59 bits per heavy atom. The molecular weight excluding hydrogens is 542 g/mol. The van der Waals surface area contributed by atoms with Crippen LogP contribution >= 0.6 is 0 Å². The van der Waals surface area contributed by atoms with E-state index >= 15 is 0 Å². The molecule has 0 aliphatic carbocycles. The normalized spacial score (nSPS) is 14.2. The van der Waals surface area contributed by atoms with Gasteiger partial charge in [0.15, 0.2) is 0 Å². The lowest BCUT2D eigenvalue weighted by atomic mass is 10.1. The minimum absolute atomic E-state index is 0.0939. The maximum absolute atomic E-state index is 12.3. The van der Waals surface area contributed by atoms with Gasteiger partial charge in [-0.1, -0.05) is 144 Å². The lowest BCUT2D eigenvalue weighted by molar-refractivity contribution is -0.123. The second-order valence-corrected chi connectivity index (χ2v) is 11.5. The molecule has 4 nitrogen and oxygen atoms in total. The van der Waals surface area contributed by atoms with Crippen LogP contribution in [-0.4, -0.2) is 34.9 Å².